The van der Waals surface area contributed by atoms with Gasteiger partial charge in [0, 0.05) is 11.8 Å². The van der Waals surface area contributed by atoms with Crippen LogP contribution in [0.25, 0.3) is 0 Å². The summed E-state index contributed by atoms with van der Waals surface area (Å²) in [5.41, 5.74) is 1.00. The Kier molecular flexibility index (Phi) is 4.46. The summed E-state index contributed by atoms with van der Waals surface area (Å²) >= 11 is 0. The molecule has 0 aliphatic heterocycles. The molecule has 0 amide bonds. The Bertz CT molecular complexity index is 559. The van der Waals surface area contributed by atoms with Gasteiger partial charge in [0.15, 0.2) is 0 Å². The summed E-state index contributed by atoms with van der Waals surface area (Å²) in [5, 5.41) is 9.25. The third-order valence-corrected chi connectivity index (χ3v) is 4.30. The molecule has 1 N–H and O–H groups in total. The molecule has 0 spiro atoms. The minimum absolute atomic E-state index is 0.0268. The van der Waals surface area contributed by atoms with E-state index in [1.165, 1.54) is 6.92 Å². The van der Waals surface area contributed by atoms with Crippen LogP contribution in [0.3, 0.4) is 0 Å². The fourth-order valence-corrected chi connectivity index (χ4v) is 3.16. The van der Waals surface area contributed by atoms with Crippen molar-refractivity contribution >= 4 is 11.8 Å². The number of methoxy groups -OCH3 is 1. The van der Waals surface area contributed by atoms with Crippen LogP contribution >= 0.6 is 0 Å². The highest BCUT2D eigenvalue weighted by atomic mass is 16.5. The van der Waals surface area contributed by atoms with Crippen molar-refractivity contribution in [3.05, 3.63) is 42.0 Å². The van der Waals surface area contributed by atoms with Crippen molar-refractivity contribution in [3.8, 4) is 5.75 Å². The van der Waals surface area contributed by atoms with Gasteiger partial charge in [-0.2, -0.15) is 0 Å². The third-order valence-electron chi connectivity index (χ3n) is 4.30. The number of hydrogen-bond acceptors (Lipinski definition) is 3. The molecule has 1 aliphatic rings. The maximum Gasteiger partial charge on any atom is 0.310 e. The first kappa shape index (κ1) is 15.3. The molecule has 1 aromatic carbocycles. The second-order valence-electron chi connectivity index (χ2n) is 5.54. The number of carboxylic acids is 1. The summed E-state index contributed by atoms with van der Waals surface area (Å²) in [6.45, 7) is 3.38. The zero-order valence-electron chi connectivity index (χ0n) is 12.4. The monoisotopic (exact) mass is 288 g/mol. The highest BCUT2D eigenvalue weighted by molar-refractivity contribution is 5.82. The molecular formula is C17H20O4. The molecule has 0 radical (unpaired) electrons. The number of ketones is 1. The Morgan fingerprint density at radius 2 is 1.76 bits per heavy atom. The van der Waals surface area contributed by atoms with E-state index in [9.17, 15) is 14.7 Å². The summed E-state index contributed by atoms with van der Waals surface area (Å²) in [7, 11) is 1.60. The van der Waals surface area contributed by atoms with Gasteiger partial charge in [0.2, 0.25) is 0 Å². The van der Waals surface area contributed by atoms with Crippen molar-refractivity contribution in [1.82, 2.24) is 0 Å². The summed E-state index contributed by atoms with van der Waals surface area (Å²) in [5.74, 6) is -1.32. The molecule has 1 aliphatic carbocycles. The third kappa shape index (κ3) is 2.99. The minimum Gasteiger partial charge on any atom is -0.497 e. The summed E-state index contributed by atoms with van der Waals surface area (Å²) in [4.78, 5) is 23.3. The molecule has 0 saturated heterocycles. The SMILES string of the molecule is COc1ccc(C2C=CC(C(=O)O)C(C)C2C(C)=O)cc1. The molecule has 4 atom stereocenters. The van der Waals surface area contributed by atoms with Gasteiger partial charge in [0.25, 0.3) is 0 Å². The number of carbonyl (C=O) groups is 2. The number of Topliss-reactive ketones (excluding diaryl/α,β-unsaturated/α-hetero) is 1. The molecule has 21 heavy (non-hydrogen) atoms. The van der Waals surface area contributed by atoms with Gasteiger partial charge in [-0.15, -0.1) is 0 Å². The predicted molar refractivity (Wildman–Crippen MR) is 79.3 cm³/mol. The van der Waals surface area contributed by atoms with Gasteiger partial charge in [0.1, 0.15) is 11.5 Å². The molecule has 112 valence electrons. The molecule has 0 aromatic heterocycles. The molecule has 4 heteroatoms. The Morgan fingerprint density at radius 1 is 1.14 bits per heavy atom. The van der Waals surface area contributed by atoms with Gasteiger partial charge in [-0.05, 0) is 30.5 Å². The van der Waals surface area contributed by atoms with E-state index < -0.39 is 11.9 Å². The first-order chi connectivity index (χ1) is 9.95. The Labute approximate surface area is 124 Å². The summed E-state index contributed by atoms with van der Waals surface area (Å²) in [6, 6.07) is 7.57. The molecule has 0 heterocycles. The number of aliphatic carboxylic acids is 1. The predicted octanol–water partition coefficient (Wildman–Crippen LogP) is 2.89. The smallest absolute Gasteiger partial charge is 0.310 e. The number of hydrogen-bond donors (Lipinski definition) is 1. The van der Waals surface area contributed by atoms with Crippen molar-refractivity contribution < 1.29 is 19.4 Å². The van der Waals surface area contributed by atoms with Gasteiger partial charge in [-0.3, -0.25) is 9.59 Å². The highest BCUT2D eigenvalue weighted by Crippen LogP contribution is 2.40. The second-order valence-corrected chi connectivity index (χ2v) is 5.54. The lowest BCUT2D eigenvalue weighted by molar-refractivity contribution is -0.143. The molecule has 0 bridgehead atoms. The Morgan fingerprint density at radius 3 is 2.24 bits per heavy atom. The van der Waals surface area contributed by atoms with Crippen LogP contribution in [-0.2, 0) is 9.59 Å². The van der Waals surface area contributed by atoms with Crippen LogP contribution in [0, 0.1) is 17.8 Å². The second kappa shape index (κ2) is 6.12. The zero-order valence-corrected chi connectivity index (χ0v) is 12.4. The van der Waals surface area contributed by atoms with Gasteiger partial charge < -0.3 is 9.84 Å². The average Bonchev–Trinajstić information content (AvgIpc) is 2.46. The van der Waals surface area contributed by atoms with Crippen molar-refractivity contribution in [1.29, 1.82) is 0 Å². The van der Waals surface area contributed by atoms with Crippen LogP contribution < -0.4 is 4.74 Å². The normalized spacial score (nSPS) is 28.1. The number of allylic oxidation sites excluding steroid dienone is 1. The van der Waals surface area contributed by atoms with Gasteiger partial charge >= 0.3 is 5.97 Å². The minimum atomic E-state index is -0.877. The fraction of sp³-hybridized carbons (Fsp3) is 0.412. The van der Waals surface area contributed by atoms with Crippen molar-refractivity contribution in [2.24, 2.45) is 17.8 Å². The van der Waals surface area contributed by atoms with Crippen molar-refractivity contribution in [3.63, 3.8) is 0 Å². The topological polar surface area (TPSA) is 63.6 Å². The first-order valence-electron chi connectivity index (χ1n) is 7.01. The number of carboxylic acid groups (broad SMARTS) is 1. The number of benzene rings is 1. The van der Waals surface area contributed by atoms with E-state index in [1.807, 2.05) is 37.3 Å². The largest absolute Gasteiger partial charge is 0.497 e. The van der Waals surface area contributed by atoms with Gasteiger partial charge in [-0.25, -0.2) is 0 Å². The molecule has 1 aromatic rings. The number of carbonyl (C=O) groups excluding carboxylic acids is 1. The molecule has 0 fully saturated rings. The van der Waals surface area contributed by atoms with E-state index in [4.69, 9.17) is 4.74 Å². The summed E-state index contributed by atoms with van der Waals surface area (Å²) < 4.78 is 5.14. The molecule has 2 rings (SSSR count). The van der Waals surface area contributed by atoms with Gasteiger partial charge in [-0.1, -0.05) is 31.2 Å². The number of ether oxygens (including phenoxy) is 1. The van der Waals surface area contributed by atoms with Crippen LogP contribution in [0.2, 0.25) is 0 Å². The van der Waals surface area contributed by atoms with Crippen LogP contribution in [0.1, 0.15) is 25.3 Å². The van der Waals surface area contributed by atoms with E-state index in [-0.39, 0.29) is 23.5 Å². The molecule has 4 nitrogen and oxygen atoms in total. The van der Waals surface area contributed by atoms with Crippen LogP contribution in [-0.4, -0.2) is 24.0 Å². The lowest BCUT2D eigenvalue weighted by Crippen LogP contribution is -2.36. The Hall–Kier alpha value is -2.10. The maximum absolute atomic E-state index is 12.0. The van der Waals surface area contributed by atoms with Crippen LogP contribution in [0.4, 0.5) is 0 Å². The quantitative estimate of drug-likeness (QED) is 0.865. The first-order valence-corrected chi connectivity index (χ1v) is 7.01. The van der Waals surface area contributed by atoms with Crippen molar-refractivity contribution in [2.45, 2.75) is 19.8 Å². The molecule has 4 unspecified atom stereocenters. The van der Waals surface area contributed by atoms with E-state index >= 15 is 0 Å². The van der Waals surface area contributed by atoms with Gasteiger partial charge in [0.05, 0.1) is 13.0 Å². The zero-order chi connectivity index (χ0) is 15.6. The lowest BCUT2D eigenvalue weighted by atomic mass is 9.67. The molecular weight excluding hydrogens is 268 g/mol. The fourth-order valence-electron chi connectivity index (χ4n) is 3.16. The standard InChI is InChI=1S/C17H20O4/c1-10-14(17(19)20)8-9-15(16(10)11(2)18)12-4-6-13(21-3)7-5-12/h4-10,14-16H,1-3H3,(H,19,20). The lowest BCUT2D eigenvalue weighted by Gasteiger charge is -2.35. The van der Waals surface area contributed by atoms with Crippen LogP contribution in [0.5, 0.6) is 5.75 Å². The van der Waals surface area contributed by atoms with Crippen molar-refractivity contribution in [2.75, 3.05) is 7.11 Å². The van der Waals surface area contributed by atoms with E-state index in [1.54, 1.807) is 13.2 Å². The average molecular weight is 288 g/mol. The van der Waals surface area contributed by atoms with Crippen LogP contribution in [0.15, 0.2) is 36.4 Å². The number of rotatable bonds is 4. The Balaban J connectivity index is 2.38. The van der Waals surface area contributed by atoms with E-state index in [0.29, 0.717) is 0 Å². The summed E-state index contributed by atoms with van der Waals surface area (Å²) in [6.07, 6.45) is 3.56. The maximum atomic E-state index is 12.0. The highest BCUT2D eigenvalue weighted by Gasteiger charge is 2.39. The molecule has 0 saturated carbocycles. The van der Waals surface area contributed by atoms with E-state index in [0.717, 1.165) is 11.3 Å². The van der Waals surface area contributed by atoms with E-state index in [2.05, 4.69) is 0 Å².